The van der Waals surface area contributed by atoms with Crippen molar-refractivity contribution in [1.82, 2.24) is 29.9 Å². The molecule has 2 atom stereocenters. The van der Waals surface area contributed by atoms with E-state index in [0.717, 1.165) is 43.6 Å². The van der Waals surface area contributed by atoms with Gasteiger partial charge >= 0.3 is 0 Å². The Labute approximate surface area is 269 Å². The molecule has 1 N–H and O–H groups in total. The Bertz CT molecular complexity index is 1590. The van der Waals surface area contributed by atoms with Crippen LogP contribution in [0.2, 0.25) is 0 Å². The van der Waals surface area contributed by atoms with Crippen molar-refractivity contribution in [2.24, 2.45) is 0 Å². The van der Waals surface area contributed by atoms with Gasteiger partial charge in [-0.05, 0) is 69.9 Å². The first-order valence-corrected chi connectivity index (χ1v) is 16.3. The summed E-state index contributed by atoms with van der Waals surface area (Å²) in [4.78, 5) is 44.2. The first kappa shape index (κ1) is 31.5. The van der Waals surface area contributed by atoms with Crippen LogP contribution in [0, 0.1) is 0 Å². The van der Waals surface area contributed by atoms with E-state index in [1.807, 2.05) is 49.6 Å². The van der Waals surface area contributed by atoms with Crippen LogP contribution in [0.1, 0.15) is 78.8 Å². The van der Waals surface area contributed by atoms with Gasteiger partial charge in [0.2, 0.25) is 11.7 Å². The fraction of sp³-hybridized carbons (Fsp3) is 0.500. The lowest BCUT2D eigenvalue weighted by Gasteiger charge is -2.39. The maximum atomic E-state index is 13.7. The summed E-state index contributed by atoms with van der Waals surface area (Å²) in [5.74, 6) is 1.89. The first-order chi connectivity index (χ1) is 22.3. The van der Waals surface area contributed by atoms with Gasteiger partial charge in [0.25, 0.3) is 11.8 Å². The number of rotatable bonds is 4. The quantitative estimate of drug-likeness (QED) is 0.459. The van der Waals surface area contributed by atoms with Crippen LogP contribution >= 0.6 is 0 Å². The molecule has 0 aliphatic carbocycles. The highest BCUT2D eigenvalue weighted by atomic mass is 16.5. The van der Waals surface area contributed by atoms with E-state index < -0.39 is 6.04 Å². The largest absolute Gasteiger partial charge is 0.491 e. The highest BCUT2D eigenvalue weighted by Crippen LogP contribution is 2.30. The summed E-state index contributed by atoms with van der Waals surface area (Å²) < 4.78 is 20.5. The van der Waals surface area contributed by atoms with Crippen LogP contribution < -0.4 is 14.8 Å². The van der Waals surface area contributed by atoms with E-state index >= 15 is 0 Å². The third-order valence-corrected chi connectivity index (χ3v) is 8.58. The molecule has 0 spiro atoms. The molecule has 6 rings (SSSR count). The lowest BCUT2D eigenvalue weighted by Crippen LogP contribution is -2.58. The molecule has 244 valence electrons. The molecule has 1 saturated heterocycles. The third kappa shape index (κ3) is 7.17. The van der Waals surface area contributed by atoms with E-state index in [-0.39, 0.29) is 43.0 Å². The normalized spacial score (nSPS) is 20.7. The molecule has 0 radical (unpaired) electrons. The number of ether oxygens (including phenoxy) is 3. The van der Waals surface area contributed by atoms with E-state index in [4.69, 9.17) is 14.2 Å². The van der Waals surface area contributed by atoms with Crippen molar-refractivity contribution in [3.05, 3.63) is 65.2 Å². The van der Waals surface area contributed by atoms with Gasteiger partial charge in [0, 0.05) is 44.2 Å². The molecule has 3 aliphatic rings. The monoisotopic (exact) mass is 630 g/mol. The molecule has 3 aromatic rings. The summed E-state index contributed by atoms with van der Waals surface area (Å²) in [7, 11) is 0. The van der Waals surface area contributed by atoms with Crippen molar-refractivity contribution in [3.8, 4) is 17.2 Å². The van der Waals surface area contributed by atoms with Crippen molar-refractivity contribution in [2.45, 2.75) is 84.3 Å². The Morgan fingerprint density at radius 2 is 1.93 bits per heavy atom. The molecule has 1 aromatic heterocycles. The molecule has 4 bridgehead atoms. The molecule has 46 heavy (non-hydrogen) atoms. The van der Waals surface area contributed by atoms with Gasteiger partial charge in [-0.1, -0.05) is 18.6 Å². The number of aryl methyl sites for hydroxylation is 1. The average molecular weight is 631 g/mol. The number of benzene rings is 2. The number of carbonyl (C=O) groups is 3. The number of amides is 3. The molecule has 2 aromatic carbocycles. The number of fused-ring (bicyclic) bond motifs is 6. The fourth-order valence-electron chi connectivity index (χ4n) is 6.31. The zero-order valence-corrected chi connectivity index (χ0v) is 26.7. The number of hydrogen-bond donors (Lipinski definition) is 1. The zero-order chi connectivity index (χ0) is 32.2. The molecule has 4 heterocycles. The molecule has 1 fully saturated rings. The Balaban J connectivity index is 1.27. The molecular weight excluding hydrogens is 588 g/mol. The van der Waals surface area contributed by atoms with E-state index in [1.165, 1.54) is 4.90 Å². The zero-order valence-electron chi connectivity index (χ0n) is 26.7. The predicted octanol–water partition coefficient (Wildman–Crippen LogP) is 3.98. The minimum atomic E-state index is -0.493. The van der Waals surface area contributed by atoms with Crippen molar-refractivity contribution < 1.29 is 28.6 Å². The second-order valence-electron chi connectivity index (χ2n) is 12.4. The number of carbonyl (C=O) groups excluding carboxylic acids is 3. The van der Waals surface area contributed by atoms with Crippen molar-refractivity contribution in [2.75, 3.05) is 26.2 Å². The fourth-order valence-corrected chi connectivity index (χ4v) is 6.31. The number of likely N-dealkylation sites (N-methyl/N-ethyl adjacent to an activating group) is 1. The minimum Gasteiger partial charge on any atom is -0.491 e. The van der Waals surface area contributed by atoms with Crippen LogP contribution in [-0.4, -0.2) is 86.7 Å². The Hall–Kier alpha value is -4.45. The standard InChI is InChI=1S/C34H42N6O6/c1-4-38-20-31(41)35-28-19-39(34(43)32-37-36-30-11-6-5-7-13-40(30)32)14-12-29(28)44-21-23-9-8-10-25(15-23)46-27-17-24(33(38)42)16-26(18-27)45-22(2)3/h8-10,15-18,22,28-29H,4-7,11-14,19-21H2,1-3H3,(H,35,41)/t28-,29-/m0/s1. The van der Waals surface area contributed by atoms with Gasteiger partial charge < -0.3 is 33.9 Å². The highest BCUT2D eigenvalue weighted by molar-refractivity contribution is 5.97. The number of aromatic nitrogens is 3. The minimum absolute atomic E-state index is 0.112. The van der Waals surface area contributed by atoms with Crippen LogP contribution in [0.3, 0.4) is 0 Å². The summed E-state index contributed by atoms with van der Waals surface area (Å²) in [6.07, 6.45) is 3.98. The summed E-state index contributed by atoms with van der Waals surface area (Å²) in [6.45, 7) is 7.52. The molecular formula is C34H42N6O6. The van der Waals surface area contributed by atoms with Crippen molar-refractivity contribution >= 4 is 17.7 Å². The summed E-state index contributed by atoms with van der Waals surface area (Å²) in [6, 6.07) is 12.2. The van der Waals surface area contributed by atoms with Gasteiger partial charge in [-0.15, -0.1) is 10.2 Å². The van der Waals surface area contributed by atoms with Crippen LogP contribution in [0.15, 0.2) is 42.5 Å². The lowest BCUT2D eigenvalue weighted by atomic mass is 10.0. The Morgan fingerprint density at radius 3 is 2.76 bits per heavy atom. The van der Waals surface area contributed by atoms with Crippen molar-refractivity contribution in [3.63, 3.8) is 0 Å². The van der Waals surface area contributed by atoms with Crippen LogP contribution in [0.5, 0.6) is 17.2 Å². The van der Waals surface area contributed by atoms with Crippen LogP contribution in [0.25, 0.3) is 0 Å². The third-order valence-electron chi connectivity index (χ3n) is 8.58. The smallest absolute Gasteiger partial charge is 0.291 e. The highest BCUT2D eigenvalue weighted by Gasteiger charge is 2.36. The molecule has 0 unspecified atom stereocenters. The molecule has 3 amide bonds. The number of hydrogen-bond acceptors (Lipinski definition) is 8. The van der Waals surface area contributed by atoms with Gasteiger partial charge in [-0.3, -0.25) is 14.4 Å². The predicted molar refractivity (Wildman–Crippen MR) is 169 cm³/mol. The Kier molecular flexibility index (Phi) is 9.53. The van der Waals surface area contributed by atoms with Crippen molar-refractivity contribution in [1.29, 1.82) is 0 Å². The molecule has 12 nitrogen and oxygen atoms in total. The second kappa shape index (κ2) is 13.9. The number of nitrogens with zero attached hydrogens (tertiary/aromatic N) is 5. The SMILES string of the molecule is CCN1CC(=O)N[C@H]2CN(C(=O)c3nnc4n3CCCCC4)CC[C@@H]2OCc2cccc(c2)Oc2cc(OC(C)C)cc(c2)C1=O. The molecule has 0 saturated carbocycles. The molecule has 3 aliphatic heterocycles. The lowest BCUT2D eigenvalue weighted by molar-refractivity contribution is -0.124. The number of piperidine rings is 1. The van der Waals surface area contributed by atoms with Gasteiger partial charge in [-0.2, -0.15) is 0 Å². The van der Waals surface area contributed by atoms with Crippen LogP contribution in [0.4, 0.5) is 0 Å². The van der Waals surface area contributed by atoms with E-state index in [1.54, 1.807) is 23.1 Å². The van der Waals surface area contributed by atoms with E-state index in [2.05, 4.69) is 15.5 Å². The maximum absolute atomic E-state index is 13.7. The van der Waals surface area contributed by atoms with Gasteiger partial charge in [0.15, 0.2) is 0 Å². The maximum Gasteiger partial charge on any atom is 0.291 e. The van der Waals surface area contributed by atoms with E-state index in [9.17, 15) is 14.4 Å². The Morgan fingerprint density at radius 1 is 1.07 bits per heavy atom. The van der Waals surface area contributed by atoms with E-state index in [0.29, 0.717) is 54.8 Å². The topological polar surface area (TPSA) is 128 Å². The number of likely N-dealkylation sites (tertiary alicyclic amines) is 1. The van der Waals surface area contributed by atoms with Crippen LogP contribution in [-0.2, 0) is 29.1 Å². The number of nitrogens with one attached hydrogen (secondary N) is 1. The summed E-state index contributed by atoms with van der Waals surface area (Å²) in [5.41, 5.74) is 1.25. The second-order valence-corrected chi connectivity index (χ2v) is 12.4. The van der Waals surface area contributed by atoms with Gasteiger partial charge in [0.05, 0.1) is 31.4 Å². The molecule has 12 heteroatoms. The first-order valence-electron chi connectivity index (χ1n) is 16.3. The van der Waals surface area contributed by atoms with Gasteiger partial charge in [0.1, 0.15) is 23.1 Å². The average Bonchev–Trinajstić information content (AvgIpc) is 3.29. The summed E-state index contributed by atoms with van der Waals surface area (Å²) >= 11 is 0. The van der Waals surface area contributed by atoms with Gasteiger partial charge in [-0.25, -0.2) is 0 Å². The summed E-state index contributed by atoms with van der Waals surface area (Å²) in [5, 5.41) is 11.7.